The van der Waals surface area contributed by atoms with Crippen molar-refractivity contribution in [2.24, 2.45) is 0 Å². The average molecular weight is 819 g/mol. The molecule has 0 radical (unpaired) electrons. The highest BCUT2D eigenvalue weighted by atomic mass is 32.1. The number of thiophene rings is 1. The van der Waals surface area contributed by atoms with Crippen LogP contribution in [0.3, 0.4) is 0 Å². The van der Waals surface area contributed by atoms with Gasteiger partial charge in [0.05, 0.1) is 22.1 Å². The van der Waals surface area contributed by atoms with Gasteiger partial charge in [-0.05, 0) is 117 Å². The first-order valence-corrected chi connectivity index (χ1v) is 22.4. The largest absolute Gasteiger partial charge is 0.309 e. The van der Waals surface area contributed by atoms with E-state index >= 15 is 0 Å². The van der Waals surface area contributed by atoms with Gasteiger partial charge in [-0.2, -0.15) is 0 Å². The van der Waals surface area contributed by atoms with Crippen LogP contribution in [0.25, 0.3) is 120 Å². The molecule has 13 rings (SSSR count). The van der Waals surface area contributed by atoms with E-state index in [4.69, 9.17) is 0 Å². The van der Waals surface area contributed by atoms with E-state index in [2.05, 4.69) is 240 Å². The van der Waals surface area contributed by atoms with Crippen LogP contribution in [0.1, 0.15) is 0 Å². The lowest BCUT2D eigenvalue weighted by molar-refractivity contribution is 1.18. The summed E-state index contributed by atoms with van der Waals surface area (Å²) in [4.78, 5) is 0. The minimum atomic E-state index is 1.15. The van der Waals surface area contributed by atoms with Crippen molar-refractivity contribution in [2.75, 3.05) is 0 Å². The highest BCUT2D eigenvalue weighted by Gasteiger charge is 2.18. The molecule has 0 spiro atoms. The van der Waals surface area contributed by atoms with Crippen molar-refractivity contribution < 1.29 is 0 Å². The number of hydrogen-bond acceptors (Lipinski definition) is 1. The van der Waals surface area contributed by atoms with Crippen LogP contribution >= 0.6 is 11.3 Å². The molecule has 3 aromatic heterocycles. The Morgan fingerprint density at radius 1 is 0.238 bits per heavy atom. The summed E-state index contributed by atoms with van der Waals surface area (Å²) in [6.07, 6.45) is 0. The van der Waals surface area contributed by atoms with E-state index in [1.807, 2.05) is 11.3 Å². The molecule has 3 heterocycles. The molecule has 0 saturated carbocycles. The summed E-state index contributed by atoms with van der Waals surface area (Å²) in [5.41, 5.74) is 16.9. The number of benzene rings is 10. The molecule has 0 aliphatic heterocycles. The molecule has 10 aromatic carbocycles. The van der Waals surface area contributed by atoms with Gasteiger partial charge in [-0.15, -0.1) is 11.3 Å². The second kappa shape index (κ2) is 14.3. The summed E-state index contributed by atoms with van der Waals surface area (Å²) < 4.78 is 7.49. The zero-order valence-electron chi connectivity index (χ0n) is 34.2. The van der Waals surface area contributed by atoms with Crippen LogP contribution in [-0.2, 0) is 0 Å². The van der Waals surface area contributed by atoms with Gasteiger partial charge in [0.15, 0.2) is 0 Å². The maximum atomic E-state index is 2.43. The second-order valence-corrected chi connectivity index (χ2v) is 17.6. The van der Waals surface area contributed by atoms with Gasteiger partial charge in [-0.1, -0.05) is 158 Å². The Morgan fingerprint density at radius 2 is 0.683 bits per heavy atom. The molecule has 0 bridgehead atoms. The summed E-state index contributed by atoms with van der Waals surface area (Å²) in [7, 11) is 0. The molecule has 2 nitrogen and oxygen atoms in total. The molecule has 0 aliphatic carbocycles. The number of rotatable bonds is 6. The molecule has 63 heavy (non-hydrogen) atoms. The van der Waals surface area contributed by atoms with Gasteiger partial charge in [-0.25, -0.2) is 0 Å². The molecule has 0 aliphatic rings. The Bertz CT molecular complexity index is 3870. The first-order valence-electron chi connectivity index (χ1n) is 21.6. The predicted molar refractivity (Wildman–Crippen MR) is 270 cm³/mol. The maximum absolute atomic E-state index is 2.43. The van der Waals surface area contributed by atoms with Gasteiger partial charge in [-0.3, -0.25) is 0 Å². The van der Waals surface area contributed by atoms with E-state index in [0.717, 1.165) is 11.4 Å². The molecule has 13 aromatic rings. The van der Waals surface area contributed by atoms with E-state index in [-0.39, 0.29) is 0 Å². The van der Waals surface area contributed by atoms with Gasteiger partial charge < -0.3 is 9.13 Å². The highest BCUT2D eigenvalue weighted by Crippen LogP contribution is 2.44. The molecule has 0 amide bonds. The monoisotopic (exact) mass is 818 g/mol. The fourth-order valence-electron chi connectivity index (χ4n) is 9.95. The third-order valence-electron chi connectivity index (χ3n) is 13.0. The first-order chi connectivity index (χ1) is 31.2. The molecule has 0 unspecified atom stereocenters. The molecule has 0 saturated heterocycles. The summed E-state index contributed by atoms with van der Waals surface area (Å²) in [6.45, 7) is 0. The van der Waals surface area contributed by atoms with E-state index < -0.39 is 0 Å². The van der Waals surface area contributed by atoms with Crippen LogP contribution in [0, 0.1) is 0 Å². The number of para-hydroxylation sites is 2. The van der Waals surface area contributed by atoms with Crippen LogP contribution in [0.4, 0.5) is 0 Å². The zero-order chi connectivity index (χ0) is 41.4. The molecule has 3 heteroatoms. The van der Waals surface area contributed by atoms with Crippen LogP contribution in [0.2, 0.25) is 0 Å². The van der Waals surface area contributed by atoms with Crippen molar-refractivity contribution in [3.05, 3.63) is 231 Å². The Labute approximate surface area is 368 Å². The third kappa shape index (κ3) is 5.78. The molecule has 0 atom stereocenters. The fourth-order valence-corrected chi connectivity index (χ4v) is 11.1. The van der Waals surface area contributed by atoms with Crippen LogP contribution < -0.4 is 0 Å². The van der Waals surface area contributed by atoms with E-state index in [9.17, 15) is 0 Å². The number of nitrogens with zero attached hydrogens (tertiary/aromatic N) is 2. The third-order valence-corrected chi connectivity index (χ3v) is 14.1. The van der Waals surface area contributed by atoms with Crippen molar-refractivity contribution in [1.82, 2.24) is 9.13 Å². The molecular weight excluding hydrogens is 781 g/mol. The quantitative estimate of drug-likeness (QED) is 0.158. The van der Waals surface area contributed by atoms with E-state index in [0.29, 0.717) is 0 Å². The summed E-state index contributed by atoms with van der Waals surface area (Å²) >= 11 is 1.88. The second-order valence-electron chi connectivity index (χ2n) is 16.5. The SMILES string of the molecule is c1ccc(-c2cccc(-c3ccc4c(c3)c3ccccc3n4-c3ccc(-c4ccc(-c5ccc(-n6c7ccccc7c7c8c(ccc76)sc6ccccc68)cc5)cc4)cc3)c2)cc1. The highest BCUT2D eigenvalue weighted by molar-refractivity contribution is 7.26. The van der Waals surface area contributed by atoms with Crippen LogP contribution in [0.15, 0.2) is 231 Å². The lowest BCUT2D eigenvalue weighted by Crippen LogP contribution is -1.94. The van der Waals surface area contributed by atoms with Crippen molar-refractivity contribution in [2.45, 2.75) is 0 Å². The number of aromatic nitrogens is 2. The minimum absolute atomic E-state index is 1.15. The Morgan fingerprint density at radius 3 is 1.37 bits per heavy atom. The first kappa shape index (κ1) is 35.7. The molecule has 0 N–H and O–H groups in total. The summed E-state index contributed by atoms with van der Waals surface area (Å²) in [6, 6.07) is 84.4. The van der Waals surface area contributed by atoms with Gasteiger partial charge in [0.2, 0.25) is 0 Å². The summed E-state index contributed by atoms with van der Waals surface area (Å²) in [5, 5.41) is 7.82. The Balaban J connectivity index is 0.800. The molecule has 0 fully saturated rings. The zero-order valence-corrected chi connectivity index (χ0v) is 35.1. The van der Waals surface area contributed by atoms with Gasteiger partial charge in [0.25, 0.3) is 0 Å². The maximum Gasteiger partial charge on any atom is 0.0548 e. The standard InChI is InChI=1S/C60H38N2S/c1-2-11-39(12-3-1)44-13-10-14-45(37-44)46-29-34-55-52(38-46)49-15-4-7-18-53(49)61(55)47-30-25-42(26-31-47)40-21-23-41(24-22-40)43-27-32-48(33-28-43)62-54-19-8-5-16-50(54)59-56(62)35-36-58-60(59)51-17-6-9-20-57(51)63-58/h1-38H. The summed E-state index contributed by atoms with van der Waals surface area (Å²) in [5.74, 6) is 0. The van der Waals surface area contributed by atoms with Gasteiger partial charge >= 0.3 is 0 Å². The van der Waals surface area contributed by atoms with Crippen molar-refractivity contribution in [1.29, 1.82) is 0 Å². The minimum Gasteiger partial charge on any atom is -0.309 e. The predicted octanol–water partition coefficient (Wildman–Crippen LogP) is 16.9. The van der Waals surface area contributed by atoms with Crippen LogP contribution in [-0.4, -0.2) is 9.13 Å². The topological polar surface area (TPSA) is 9.86 Å². The van der Waals surface area contributed by atoms with Gasteiger partial charge in [0.1, 0.15) is 0 Å². The van der Waals surface area contributed by atoms with Crippen molar-refractivity contribution in [3.63, 3.8) is 0 Å². The number of fused-ring (bicyclic) bond motifs is 10. The Kier molecular flexibility index (Phi) is 8.12. The lowest BCUT2D eigenvalue weighted by Gasteiger charge is -2.11. The lowest BCUT2D eigenvalue weighted by atomic mass is 9.98. The molecular formula is C60H38N2S. The van der Waals surface area contributed by atoms with Gasteiger partial charge in [0, 0.05) is 53.1 Å². The molecule has 294 valence electrons. The Hall–Kier alpha value is -7.98. The number of hydrogen-bond donors (Lipinski definition) is 0. The average Bonchev–Trinajstić information content (AvgIpc) is 4.02. The van der Waals surface area contributed by atoms with E-state index in [1.54, 1.807) is 0 Å². The smallest absolute Gasteiger partial charge is 0.0548 e. The van der Waals surface area contributed by atoms with Crippen molar-refractivity contribution in [3.8, 4) is 55.9 Å². The van der Waals surface area contributed by atoms with Crippen molar-refractivity contribution >= 4 is 75.1 Å². The normalized spacial score (nSPS) is 11.8. The van der Waals surface area contributed by atoms with E-state index in [1.165, 1.54) is 108 Å². The van der Waals surface area contributed by atoms with Crippen LogP contribution in [0.5, 0.6) is 0 Å². The fraction of sp³-hybridized carbons (Fsp3) is 0.